The molecule has 1 heterocycles. The standard InChI is InChI=1S/C12H24N2O3/c1-3-9(4-2)10(15)7-14-12(16)11-8-13-5-6-17-11/h9-11,13,15H,3-8H2,1-2H3,(H,14,16). The van der Waals surface area contributed by atoms with E-state index in [-0.39, 0.29) is 11.8 Å². The Morgan fingerprint density at radius 2 is 2.24 bits per heavy atom. The van der Waals surface area contributed by atoms with Gasteiger partial charge in [-0.15, -0.1) is 0 Å². The summed E-state index contributed by atoms with van der Waals surface area (Å²) in [6.45, 7) is 6.31. The maximum absolute atomic E-state index is 11.7. The maximum atomic E-state index is 11.7. The average Bonchev–Trinajstić information content (AvgIpc) is 2.38. The van der Waals surface area contributed by atoms with Crippen LogP contribution < -0.4 is 10.6 Å². The highest BCUT2D eigenvalue weighted by atomic mass is 16.5. The van der Waals surface area contributed by atoms with Crippen LogP contribution in [0, 0.1) is 5.92 Å². The van der Waals surface area contributed by atoms with E-state index in [1.165, 1.54) is 0 Å². The number of carbonyl (C=O) groups is 1. The van der Waals surface area contributed by atoms with Gasteiger partial charge in [-0.25, -0.2) is 0 Å². The van der Waals surface area contributed by atoms with Crippen molar-refractivity contribution in [2.24, 2.45) is 5.92 Å². The molecule has 1 saturated heterocycles. The van der Waals surface area contributed by atoms with Gasteiger partial charge in [-0.1, -0.05) is 26.7 Å². The molecule has 2 atom stereocenters. The van der Waals surface area contributed by atoms with Gasteiger partial charge >= 0.3 is 0 Å². The van der Waals surface area contributed by atoms with Crippen LogP contribution in [0.2, 0.25) is 0 Å². The maximum Gasteiger partial charge on any atom is 0.250 e. The summed E-state index contributed by atoms with van der Waals surface area (Å²) in [7, 11) is 0. The molecule has 0 spiro atoms. The smallest absolute Gasteiger partial charge is 0.250 e. The molecule has 1 fully saturated rings. The molecule has 0 bridgehead atoms. The minimum Gasteiger partial charge on any atom is -0.391 e. The molecule has 0 aromatic rings. The number of aliphatic hydroxyl groups is 1. The predicted molar refractivity (Wildman–Crippen MR) is 65.7 cm³/mol. The number of ether oxygens (including phenoxy) is 1. The molecule has 1 amide bonds. The minimum absolute atomic E-state index is 0.137. The first-order chi connectivity index (χ1) is 8.19. The summed E-state index contributed by atoms with van der Waals surface area (Å²) in [5.41, 5.74) is 0. The summed E-state index contributed by atoms with van der Waals surface area (Å²) in [6, 6.07) is 0. The molecule has 0 radical (unpaired) electrons. The number of amides is 1. The normalized spacial score (nSPS) is 22.5. The summed E-state index contributed by atoms with van der Waals surface area (Å²) in [5, 5.41) is 15.7. The zero-order valence-electron chi connectivity index (χ0n) is 10.7. The van der Waals surface area contributed by atoms with E-state index in [0.717, 1.165) is 19.4 Å². The second kappa shape index (κ2) is 7.63. The molecule has 0 aliphatic carbocycles. The first-order valence-electron chi connectivity index (χ1n) is 6.47. The van der Waals surface area contributed by atoms with Gasteiger partial charge < -0.3 is 20.5 Å². The summed E-state index contributed by atoms with van der Waals surface area (Å²) < 4.78 is 5.33. The fraction of sp³-hybridized carbons (Fsp3) is 0.917. The van der Waals surface area contributed by atoms with Crippen molar-refractivity contribution in [1.82, 2.24) is 10.6 Å². The highest BCUT2D eigenvalue weighted by Crippen LogP contribution is 2.12. The van der Waals surface area contributed by atoms with E-state index in [4.69, 9.17) is 4.74 Å². The number of hydrogen-bond donors (Lipinski definition) is 3. The molecule has 3 N–H and O–H groups in total. The lowest BCUT2D eigenvalue weighted by atomic mass is 9.96. The highest BCUT2D eigenvalue weighted by Gasteiger charge is 2.23. The Morgan fingerprint density at radius 3 is 2.76 bits per heavy atom. The Balaban J connectivity index is 2.26. The quantitative estimate of drug-likeness (QED) is 0.609. The zero-order valence-corrected chi connectivity index (χ0v) is 10.7. The Morgan fingerprint density at radius 1 is 1.53 bits per heavy atom. The molecule has 1 rings (SSSR count). The van der Waals surface area contributed by atoms with E-state index in [2.05, 4.69) is 10.6 Å². The first kappa shape index (κ1) is 14.4. The molecule has 5 heteroatoms. The molecular weight excluding hydrogens is 220 g/mol. The SMILES string of the molecule is CCC(CC)C(O)CNC(=O)C1CNCCO1. The van der Waals surface area contributed by atoms with Crippen LogP contribution in [0.4, 0.5) is 0 Å². The van der Waals surface area contributed by atoms with Crippen molar-refractivity contribution in [3.63, 3.8) is 0 Å². The van der Waals surface area contributed by atoms with Crippen molar-refractivity contribution in [2.45, 2.75) is 38.9 Å². The predicted octanol–water partition coefficient (Wildman–Crippen LogP) is -0.112. The third kappa shape index (κ3) is 4.61. The lowest BCUT2D eigenvalue weighted by molar-refractivity contribution is -0.134. The van der Waals surface area contributed by atoms with Gasteiger partial charge in [0.05, 0.1) is 12.7 Å². The Kier molecular flexibility index (Phi) is 6.47. The van der Waals surface area contributed by atoms with Gasteiger partial charge in [0.25, 0.3) is 5.91 Å². The van der Waals surface area contributed by atoms with Crippen LogP contribution >= 0.6 is 0 Å². The summed E-state index contributed by atoms with van der Waals surface area (Å²) in [5.74, 6) is 0.114. The fourth-order valence-corrected chi connectivity index (χ4v) is 2.05. The number of hydrogen-bond acceptors (Lipinski definition) is 4. The number of nitrogens with one attached hydrogen (secondary N) is 2. The van der Waals surface area contributed by atoms with Crippen molar-refractivity contribution in [1.29, 1.82) is 0 Å². The minimum atomic E-state index is -0.467. The third-order valence-electron chi connectivity index (χ3n) is 3.30. The number of rotatable bonds is 6. The lowest BCUT2D eigenvalue weighted by Gasteiger charge is -2.25. The van der Waals surface area contributed by atoms with E-state index in [0.29, 0.717) is 19.7 Å². The van der Waals surface area contributed by atoms with Gasteiger partial charge in [0.1, 0.15) is 6.10 Å². The van der Waals surface area contributed by atoms with Crippen LogP contribution in [-0.4, -0.2) is 49.5 Å². The van der Waals surface area contributed by atoms with Gasteiger partial charge in [0.15, 0.2) is 0 Å². The summed E-state index contributed by atoms with van der Waals surface area (Å²) >= 11 is 0. The van der Waals surface area contributed by atoms with E-state index in [1.54, 1.807) is 0 Å². The summed E-state index contributed by atoms with van der Waals surface area (Å²) in [6.07, 6.45) is 0.965. The Hall–Kier alpha value is -0.650. The molecule has 17 heavy (non-hydrogen) atoms. The first-order valence-corrected chi connectivity index (χ1v) is 6.47. The molecule has 1 aliphatic rings. The molecule has 0 aromatic heterocycles. The van der Waals surface area contributed by atoms with Crippen molar-refractivity contribution in [3.05, 3.63) is 0 Å². The van der Waals surface area contributed by atoms with Crippen LogP contribution in [0.15, 0.2) is 0 Å². The van der Waals surface area contributed by atoms with E-state index < -0.39 is 12.2 Å². The average molecular weight is 244 g/mol. The largest absolute Gasteiger partial charge is 0.391 e. The van der Waals surface area contributed by atoms with Crippen molar-refractivity contribution >= 4 is 5.91 Å². The molecule has 100 valence electrons. The van der Waals surface area contributed by atoms with Crippen LogP contribution in [0.5, 0.6) is 0 Å². The summed E-state index contributed by atoms with van der Waals surface area (Å²) in [4.78, 5) is 11.7. The highest BCUT2D eigenvalue weighted by molar-refractivity contribution is 5.81. The molecular formula is C12H24N2O3. The molecule has 2 unspecified atom stereocenters. The van der Waals surface area contributed by atoms with Crippen molar-refractivity contribution in [3.8, 4) is 0 Å². The molecule has 0 aromatic carbocycles. The molecule has 0 saturated carbocycles. The monoisotopic (exact) mass is 244 g/mol. The third-order valence-corrected chi connectivity index (χ3v) is 3.30. The molecule has 5 nitrogen and oxygen atoms in total. The van der Waals surface area contributed by atoms with E-state index in [9.17, 15) is 9.90 Å². The van der Waals surface area contributed by atoms with E-state index >= 15 is 0 Å². The van der Waals surface area contributed by atoms with Crippen molar-refractivity contribution in [2.75, 3.05) is 26.2 Å². The van der Waals surface area contributed by atoms with Gasteiger partial charge in [0, 0.05) is 19.6 Å². The zero-order chi connectivity index (χ0) is 12.7. The number of morpholine rings is 1. The van der Waals surface area contributed by atoms with Gasteiger partial charge in [-0.3, -0.25) is 4.79 Å². The number of aliphatic hydroxyl groups excluding tert-OH is 1. The Labute approximate surface area is 103 Å². The van der Waals surface area contributed by atoms with Crippen LogP contribution in [0.25, 0.3) is 0 Å². The topological polar surface area (TPSA) is 70.6 Å². The second-order valence-electron chi connectivity index (χ2n) is 4.45. The number of carbonyl (C=O) groups excluding carboxylic acids is 1. The van der Waals surface area contributed by atoms with Crippen LogP contribution in [0.3, 0.4) is 0 Å². The fourth-order valence-electron chi connectivity index (χ4n) is 2.05. The second-order valence-corrected chi connectivity index (χ2v) is 4.45. The van der Waals surface area contributed by atoms with Gasteiger partial charge in [0.2, 0.25) is 0 Å². The van der Waals surface area contributed by atoms with Crippen LogP contribution in [-0.2, 0) is 9.53 Å². The molecule has 1 aliphatic heterocycles. The van der Waals surface area contributed by atoms with Gasteiger partial charge in [-0.2, -0.15) is 0 Å². The Bertz CT molecular complexity index is 226. The van der Waals surface area contributed by atoms with Gasteiger partial charge in [-0.05, 0) is 5.92 Å². The van der Waals surface area contributed by atoms with Crippen LogP contribution in [0.1, 0.15) is 26.7 Å². The lowest BCUT2D eigenvalue weighted by Crippen LogP contribution is -2.49. The van der Waals surface area contributed by atoms with Crippen molar-refractivity contribution < 1.29 is 14.6 Å². The van der Waals surface area contributed by atoms with E-state index in [1.807, 2.05) is 13.8 Å².